The summed E-state index contributed by atoms with van der Waals surface area (Å²) >= 11 is 6.02. The van der Waals surface area contributed by atoms with Crippen molar-refractivity contribution in [3.63, 3.8) is 0 Å². The molecule has 146 valence electrons. The van der Waals surface area contributed by atoms with Crippen molar-refractivity contribution in [1.82, 2.24) is 9.62 Å². The van der Waals surface area contributed by atoms with E-state index < -0.39 is 15.9 Å². The fourth-order valence-corrected chi connectivity index (χ4v) is 4.81. The molecule has 0 radical (unpaired) electrons. The second-order valence-electron chi connectivity index (χ2n) is 6.57. The molecule has 1 saturated heterocycles. The van der Waals surface area contributed by atoms with Gasteiger partial charge in [-0.2, -0.15) is 4.31 Å². The number of piperidine rings is 1. The van der Waals surface area contributed by atoms with Gasteiger partial charge in [-0.3, -0.25) is 4.79 Å². The van der Waals surface area contributed by atoms with Crippen LogP contribution in [-0.2, 0) is 10.0 Å². The summed E-state index contributed by atoms with van der Waals surface area (Å²) in [6.07, 6.45) is 3.36. The van der Waals surface area contributed by atoms with Crippen molar-refractivity contribution in [2.75, 3.05) is 13.1 Å². The molecule has 1 N–H and O–H groups in total. The Morgan fingerprint density at radius 2 is 1.96 bits per heavy atom. The Labute approximate surface area is 164 Å². The molecule has 0 saturated carbocycles. The standard InChI is InChI=1S/C19H23ClN2O4S/c1-2-16(14-7-6-8-15(20)13-14)21-19(23)17-9-10-18(26-17)27(24,25)22-11-4-3-5-12-22/h6-10,13,16H,2-5,11-12H2,1H3,(H,21,23). The van der Waals surface area contributed by atoms with Gasteiger partial charge in [0.2, 0.25) is 5.09 Å². The number of nitrogens with one attached hydrogen (secondary N) is 1. The molecular formula is C19H23ClN2O4S. The highest BCUT2D eigenvalue weighted by Gasteiger charge is 2.30. The van der Waals surface area contributed by atoms with Crippen LogP contribution in [0.3, 0.4) is 0 Å². The van der Waals surface area contributed by atoms with Crippen molar-refractivity contribution in [1.29, 1.82) is 0 Å². The Morgan fingerprint density at radius 1 is 1.22 bits per heavy atom. The summed E-state index contributed by atoms with van der Waals surface area (Å²) in [6, 6.07) is 9.77. The summed E-state index contributed by atoms with van der Waals surface area (Å²) in [4.78, 5) is 12.5. The lowest BCUT2D eigenvalue weighted by molar-refractivity contribution is 0.0902. The number of nitrogens with zero attached hydrogens (tertiary/aromatic N) is 1. The minimum atomic E-state index is -3.70. The van der Waals surface area contributed by atoms with Crippen molar-refractivity contribution in [3.8, 4) is 0 Å². The number of rotatable bonds is 6. The van der Waals surface area contributed by atoms with E-state index in [1.165, 1.54) is 16.4 Å². The zero-order valence-electron chi connectivity index (χ0n) is 15.2. The largest absolute Gasteiger partial charge is 0.438 e. The molecule has 1 atom stereocenters. The lowest BCUT2D eigenvalue weighted by Gasteiger charge is -2.24. The van der Waals surface area contributed by atoms with Gasteiger partial charge in [-0.25, -0.2) is 8.42 Å². The fraction of sp³-hybridized carbons (Fsp3) is 0.421. The third kappa shape index (κ3) is 4.54. The quantitative estimate of drug-likeness (QED) is 0.780. The second-order valence-corrected chi connectivity index (χ2v) is 8.88. The molecular weight excluding hydrogens is 388 g/mol. The van der Waals surface area contributed by atoms with Gasteiger partial charge in [-0.1, -0.05) is 37.1 Å². The van der Waals surface area contributed by atoms with Crippen molar-refractivity contribution in [2.24, 2.45) is 0 Å². The third-order valence-electron chi connectivity index (χ3n) is 4.68. The average Bonchev–Trinajstić information content (AvgIpc) is 3.18. The molecule has 2 aromatic rings. The molecule has 1 fully saturated rings. The highest BCUT2D eigenvalue weighted by molar-refractivity contribution is 7.89. The number of hydrogen-bond acceptors (Lipinski definition) is 4. The van der Waals surface area contributed by atoms with Gasteiger partial charge >= 0.3 is 0 Å². The number of carbonyl (C=O) groups is 1. The van der Waals surface area contributed by atoms with E-state index in [0.29, 0.717) is 24.5 Å². The first-order valence-electron chi connectivity index (χ1n) is 9.08. The molecule has 2 heterocycles. The van der Waals surface area contributed by atoms with Crippen LogP contribution in [0.25, 0.3) is 0 Å². The molecule has 6 nitrogen and oxygen atoms in total. The lowest BCUT2D eigenvalue weighted by Crippen LogP contribution is -2.35. The van der Waals surface area contributed by atoms with Crippen LogP contribution in [0.15, 0.2) is 45.9 Å². The van der Waals surface area contributed by atoms with Gasteiger partial charge in [-0.05, 0) is 49.1 Å². The number of halogens is 1. The van der Waals surface area contributed by atoms with Gasteiger partial charge < -0.3 is 9.73 Å². The number of amides is 1. The van der Waals surface area contributed by atoms with E-state index >= 15 is 0 Å². The topological polar surface area (TPSA) is 79.6 Å². The van der Waals surface area contributed by atoms with E-state index in [9.17, 15) is 13.2 Å². The molecule has 1 amide bonds. The van der Waals surface area contributed by atoms with Gasteiger partial charge in [0.15, 0.2) is 5.76 Å². The van der Waals surface area contributed by atoms with Crippen LogP contribution in [0.5, 0.6) is 0 Å². The Hall–Kier alpha value is -1.83. The first kappa shape index (κ1) is 19.9. The number of furan rings is 1. The summed E-state index contributed by atoms with van der Waals surface area (Å²) in [7, 11) is -3.70. The highest BCUT2D eigenvalue weighted by atomic mass is 35.5. The van der Waals surface area contributed by atoms with E-state index in [1.807, 2.05) is 19.1 Å². The summed E-state index contributed by atoms with van der Waals surface area (Å²) in [5.74, 6) is -0.479. The molecule has 0 aliphatic carbocycles. The molecule has 1 aromatic carbocycles. The number of sulfonamides is 1. The zero-order valence-corrected chi connectivity index (χ0v) is 16.7. The third-order valence-corrected chi connectivity index (χ3v) is 6.69. The SMILES string of the molecule is CCC(NC(=O)c1ccc(S(=O)(=O)N2CCCCC2)o1)c1cccc(Cl)c1. The molecule has 3 rings (SSSR count). The monoisotopic (exact) mass is 410 g/mol. The first-order valence-corrected chi connectivity index (χ1v) is 10.9. The summed E-state index contributed by atoms with van der Waals surface area (Å²) < 4.78 is 32.1. The molecule has 1 aliphatic rings. The Morgan fingerprint density at radius 3 is 2.63 bits per heavy atom. The molecule has 1 aliphatic heterocycles. The van der Waals surface area contributed by atoms with Crippen LogP contribution in [-0.4, -0.2) is 31.7 Å². The highest BCUT2D eigenvalue weighted by Crippen LogP contribution is 2.24. The minimum Gasteiger partial charge on any atom is -0.438 e. The van der Waals surface area contributed by atoms with Crippen molar-refractivity contribution in [2.45, 2.75) is 43.7 Å². The number of carbonyl (C=O) groups excluding carboxylic acids is 1. The van der Waals surface area contributed by atoms with Gasteiger partial charge in [-0.15, -0.1) is 0 Å². The molecule has 1 unspecified atom stereocenters. The summed E-state index contributed by atoms with van der Waals surface area (Å²) in [5, 5.41) is 3.27. The predicted molar refractivity (Wildman–Crippen MR) is 103 cm³/mol. The van der Waals surface area contributed by atoms with E-state index in [2.05, 4.69) is 5.32 Å². The number of benzene rings is 1. The average molecular weight is 411 g/mol. The smallest absolute Gasteiger partial charge is 0.287 e. The predicted octanol–water partition coefficient (Wildman–Crippen LogP) is 3.99. The van der Waals surface area contributed by atoms with E-state index in [0.717, 1.165) is 24.8 Å². The molecule has 0 spiro atoms. The maximum absolute atomic E-state index is 12.6. The van der Waals surface area contributed by atoms with E-state index in [1.54, 1.807) is 12.1 Å². The first-order chi connectivity index (χ1) is 12.9. The number of hydrogen-bond donors (Lipinski definition) is 1. The van der Waals surface area contributed by atoms with Gasteiger partial charge in [0.25, 0.3) is 15.9 Å². The second kappa shape index (κ2) is 8.46. The summed E-state index contributed by atoms with van der Waals surface area (Å²) in [6.45, 7) is 2.91. The molecule has 8 heteroatoms. The summed E-state index contributed by atoms with van der Waals surface area (Å²) in [5.41, 5.74) is 0.881. The van der Waals surface area contributed by atoms with Crippen molar-refractivity contribution < 1.29 is 17.6 Å². The van der Waals surface area contributed by atoms with Crippen LogP contribution in [0.2, 0.25) is 5.02 Å². The molecule has 1 aromatic heterocycles. The fourth-order valence-electron chi connectivity index (χ4n) is 3.19. The van der Waals surface area contributed by atoms with Gasteiger partial charge in [0, 0.05) is 18.1 Å². The van der Waals surface area contributed by atoms with Gasteiger partial charge in [0.05, 0.1) is 6.04 Å². The van der Waals surface area contributed by atoms with Crippen LogP contribution in [0.4, 0.5) is 0 Å². The Bertz CT molecular complexity index is 904. The van der Waals surface area contributed by atoms with Gasteiger partial charge in [0.1, 0.15) is 0 Å². The van der Waals surface area contributed by atoms with Crippen molar-refractivity contribution >= 4 is 27.5 Å². The minimum absolute atomic E-state index is 0.0222. The van der Waals surface area contributed by atoms with Crippen LogP contribution >= 0.6 is 11.6 Å². The van der Waals surface area contributed by atoms with Crippen molar-refractivity contribution in [3.05, 3.63) is 52.7 Å². The Balaban J connectivity index is 1.74. The normalized spacial score (nSPS) is 16.8. The Kier molecular flexibility index (Phi) is 6.24. The van der Waals surface area contributed by atoms with Crippen LogP contribution in [0.1, 0.15) is 54.8 Å². The maximum Gasteiger partial charge on any atom is 0.287 e. The van der Waals surface area contributed by atoms with Crippen LogP contribution < -0.4 is 5.32 Å². The molecule has 27 heavy (non-hydrogen) atoms. The maximum atomic E-state index is 12.6. The van der Waals surface area contributed by atoms with E-state index in [4.69, 9.17) is 16.0 Å². The zero-order chi connectivity index (χ0) is 19.4. The lowest BCUT2D eigenvalue weighted by atomic mass is 10.0. The van der Waals surface area contributed by atoms with Crippen LogP contribution in [0, 0.1) is 0 Å². The molecule has 0 bridgehead atoms. The van der Waals surface area contributed by atoms with E-state index in [-0.39, 0.29) is 16.9 Å².